The molecule has 0 spiro atoms. The van der Waals surface area contributed by atoms with Crippen molar-refractivity contribution >= 4 is 28.8 Å². The summed E-state index contributed by atoms with van der Waals surface area (Å²) >= 11 is 6.30. The van der Waals surface area contributed by atoms with E-state index in [1.165, 1.54) is 11.4 Å². The summed E-state index contributed by atoms with van der Waals surface area (Å²) < 4.78 is 0.590. The summed E-state index contributed by atoms with van der Waals surface area (Å²) in [6, 6.07) is 16.3. The SMILES string of the molecule is CC1=NC=C2CN=C(c3ccccc3)c3cc(Cl)ccc3[N+]21C. The molecule has 2 aliphatic heterocycles. The molecule has 2 aromatic rings. The van der Waals surface area contributed by atoms with Crippen LogP contribution in [-0.4, -0.2) is 25.1 Å². The molecule has 114 valence electrons. The van der Waals surface area contributed by atoms with Crippen molar-refractivity contribution in [1.82, 2.24) is 4.48 Å². The van der Waals surface area contributed by atoms with Crippen molar-refractivity contribution in [3.63, 3.8) is 0 Å². The van der Waals surface area contributed by atoms with E-state index in [2.05, 4.69) is 37.2 Å². The molecule has 0 radical (unpaired) electrons. The first-order valence-electron chi connectivity index (χ1n) is 7.62. The van der Waals surface area contributed by atoms with Gasteiger partial charge in [-0.1, -0.05) is 41.9 Å². The van der Waals surface area contributed by atoms with Gasteiger partial charge in [0.1, 0.15) is 6.54 Å². The van der Waals surface area contributed by atoms with Gasteiger partial charge in [0.05, 0.1) is 24.5 Å². The van der Waals surface area contributed by atoms with Crippen molar-refractivity contribution in [1.29, 1.82) is 0 Å². The van der Waals surface area contributed by atoms with Crippen LogP contribution in [0.1, 0.15) is 18.1 Å². The van der Waals surface area contributed by atoms with E-state index in [1.807, 2.05) is 36.5 Å². The third kappa shape index (κ3) is 2.08. The lowest BCUT2D eigenvalue weighted by molar-refractivity contribution is 0.599. The van der Waals surface area contributed by atoms with Gasteiger partial charge in [-0.05, 0) is 12.1 Å². The third-order valence-electron chi connectivity index (χ3n) is 4.76. The highest BCUT2D eigenvalue weighted by atomic mass is 35.5. The van der Waals surface area contributed by atoms with Crippen molar-refractivity contribution in [2.75, 3.05) is 13.6 Å². The van der Waals surface area contributed by atoms with Crippen LogP contribution in [0.2, 0.25) is 5.02 Å². The van der Waals surface area contributed by atoms with E-state index in [9.17, 15) is 0 Å². The second-order valence-electron chi connectivity index (χ2n) is 6.00. The minimum atomic E-state index is 0.590. The molecule has 0 amide bonds. The van der Waals surface area contributed by atoms with Crippen molar-refractivity contribution < 1.29 is 0 Å². The van der Waals surface area contributed by atoms with Gasteiger partial charge in [-0.25, -0.2) is 9.48 Å². The number of hydrogen-bond donors (Lipinski definition) is 0. The van der Waals surface area contributed by atoms with E-state index in [1.54, 1.807) is 0 Å². The monoisotopic (exact) mass is 322 g/mol. The molecule has 3 nitrogen and oxygen atoms in total. The number of benzene rings is 2. The van der Waals surface area contributed by atoms with Crippen molar-refractivity contribution in [2.24, 2.45) is 9.98 Å². The zero-order chi connectivity index (χ0) is 16.0. The van der Waals surface area contributed by atoms with Crippen LogP contribution in [0.5, 0.6) is 0 Å². The maximum atomic E-state index is 6.30. The molecule has 0 fully saturated rings. The molecule has 23 heavy (non-hydrogen) atoms. The van der Waals surface area contributed by atoms with Crippen molar-refractivity contribution in [3.05, 3.63) is 76.6 Å². The highest BCUT2D eigenvalue weighted by Crippen LogP contribution is 2.39. The number of quaternary nitrogens is 1. The number of rotatable bonds is 1. The zero-order valence-electron chi connectivity index (χ0n) is 13.1. The fourth-order valence-corrected chi connectivity index (χ4v) is 3.47. The second-order valence-corrected chi connectivity index (χ2v) is 6.43. The van der Waals surface area contributed by atoms with Crippen LogP contribution in [0.3, 0.4) is 0 Å². The smallest absolute Gasteiger partial charge is 0.209 e. The molecular formula is C19H17ClN3+. The Morgan fingerprint density at radius 1 is 1.09 bits per heavy atom. The highest BCUT2D eigenvalue weighted by molar-refractivity contribution is 6.31. The summed E-state index contributed by atoms with van der Waals surface area (Å²) in [5, 5.41) is 0.722. The molecular weight excluding hydrogens is 306 g/mol. The first-order chi connectivity index (χ1) is 11.1. The lowest BCUT2D eigenvalue weighted by Crippen LogP contribution is -2.47. The van der Waals surface area contributed by atoms with Crippen LogP contribution in [0.15, 0.2) is 70.4 Å². The van der Waals surface area contributed by atoms with Gasteiger partial charge in [-0.15, -0.1) is 0 Å². The number of fused-ring (bicyclic) bond motifs is 3. The molecule has 2 aromatic carbocycles. The van der Waals surface area contributed by atoms with Crippen molar-refractivity contribution in [2.45, 2.75) is 6.92 Å². The van der Waals surface area contributed by atoms with Crippen LogP contribution >= 0.6 is 11.6 Å². The van der Waals surface area contributed by atoms with E-state index in [4.69, 9.17) is 16.6 Å². The molecule has 2 aliphatic rings. The minimum Gasteiger partial charge on any atom is -0.273 e. The van der Waals surface area contributed by atoms with Gasteiger partial charge in [0.15, 0.2) is 11.4 Å². The van der Waals surface area contributed by atoms with Crippen LogP contribution in [-0.2, 0) is 0 Å². The maximum Gasteiger partial charge on any atom is 0.209 e. The summed E-state index contributed by atoms with van der Waals surface area (Å²) in [6.45, 7) is 2.70. The molecule has 0 bridgehead atoms. The predicted molar refractivity (Wildman–Crippen MR) is 97.3 cm³/mol. The van der Waals surface area contributed by atoms with E-state index in [0.717, 1.165) is 27.7 Å². The van der Waals surface area contributed by atoms with E-state index >= 15 is 0 Å². The summed E-state index contributed by atoms with van der Waals surface area (Å²) in [7, 11) is 2.17. The Hall–Kier alpha value is -2.23. The van der Waals surface area contributed by atoms with Gasteiger partial charge in [0.2, 0.25) is 5.84 Å². The Kier molecular flexibility index (Phi) is 3.22. The summed E-state index contributed by atoms with van der Waals surface area (Å²) in [6.07, 6.45) is 1.95. The largest absolute Gasteiger partial charge is 0.273 e. The molecule has 4 heteroatoms. The number of amidine groups is 1. The fourth-order valence-electron chi connectivity index (χ4n) is 3.29. The molecule has 0 aliphatic carbocycles. The van der Waals surface area contributed by atoms with Crippen LogP contribution in [0.25, 0.3) is 0 Å². The Bertz CT molecular complexity index is 881. The first kappa shape index (κ1) is 14.4. The maximum absolute atomic E-state index is 6.30. The Labute approximate surface area is 140 Å². The average Bonchev–Trinajstić information content (AvgIpc) is 2.78. The zero-order valence-corrected chi connectivity index (χ0v) is 13.9. The Morgan fingerprint density at radius 3 is 2.65 bits per heavy atom. The lowest BCUT2D eigenvalue weighted by Gasteiger charge is -2.30. The Morgan fingerprint density at radius 2 is 1.87 bits per heavy atom. The topological polar surface area (TPSA) is 24.7 Å². The molecule has 0 aromatic heterocycles. The molecule has 1 atom stereocenters. The summed E-state index contributed by atoms with van der Waals surface area (Å²) in [4.78, 5) is 9.44. The lowest BCUT2D eigenvalue weighted by atomic mass is 9.99. The molecule has 0 saturated heterocycles. The quantitative estimate of drug-likeness (QED) is 0.695. The molecule has 0 saturated carbocycles. The molecule has 1 unspecified atom stereocenters. The number of halogens is 1. The van der Waals surface area contributed by atoms with Gasteiger partial charge in [-0.3, -0.25) is 4.99 Å². The number of likely N-dealkylation sites (N-methyl/N-ethyl adjacent to an activating group) is 1. The standard InChI is InChI=1S/C19H17ClN3/c1-13-21-11-16-12-22-19(14-6-4-3-5-7-14)17-10-15(20)8-9-18(17)23(13,16)2/h3-11H,12H2,1-2H3/q+1. The first-order valence-corrected chi connectivity index (χ1v) is 8.00. The van der Waals surface area contributed by atoms with Gasteiger partial charge in [-0.2, -0.15) is 0 Å². The summed E-state index contributed by atoms with van der Waals surface area (Å²) in [5.41, 5.74) is 5.52. The average molecular weight is 323 g/mol. The van der Waals surface area contributed by atoms with Crippen LogP contribution < -0.4 is 4.48 Å². The number of hydrogen-bond acceptors (Lipinski definition) is 2. The van der Waals surface area contributed by atoms with E-state index < -0.39 is 0 Å². The minimum absolute atomic E-state index is 0.590. The summed E-state index contributed by atoms with van der Waals surface area (Å²) in [5.74, 6) is 1.05. The Balaban J connectivity index is 2.01. The third-order valence-corrected chi connectivity index (χ3v) is 5.00. The van der Waals surface area contributed by atoms with Gasteiger partial charge in [0, 0.05) is 23.6 Å². The van der Waals surface area contributed by atoms with Crippen LogP contribution in [0.4, 0.5) is 5.69 Å². The van der Waals surface area contributed by atoms with Crippen molar-refractivity contribution in [3.8, 4) is 0 Å². The van der Waals surface area contributed by atoms with E-state index in [-0.39, 0.29) is 0 Å². The predicted octanol–water partition coefficient (Wildman–Crippen LogP) is 4.40. The highest BCUT2D eigenvalue weighted by Gasteiger charge is 2.42. The van der Waals surface area contributed by atoms with Gasteiger partial charge >= 0.3 is 0 Å². The normalized spacial score (nSPS) is 22.5. The van der Waals surface area contributed by atoms with Crippen LogP contribution in [0, 0.1) is 0 Å². The molecule has 4 rings (SSSR count). The molecule has 2 heterocycles. The fraction of sp³-hybridized carbons (Fsp3) is 0.158. The van der Waals surface area contributed by atoms with Gasteiger partial charge < -0.3 is 0 Å². The van der Waals surface area contributed by atoms with Gasteiger partial charge in [0.25, 0.3) is 0 Å². The molecule has 0 N–H and O–H groups in total. The number of nitrogens with zero attached hydrogens (tertiary/aromatic N) is 3. The number of aliphatic imine (C=N–C) groups is 2. The van der Waals surface area contributed by atoms with E-state index in [0.29, 0.717) is 11.0 Å². The second kappa shape index (κ2) is 5.15.